The smallest absolute Gasteiger partial charge is 0.191 e. The molecule has 0 saturated carbocycles. The van der Waals surface area contributed by atoms with Gasteiger partial charge in [0.25, 0.3) is 0 Å². The molecular weight excluding hydrogens is 527 g/mol. The van der Waals surface area contributed by atoms with E-state index in [1.54, 1.807) is 25.4 Å². The Hall–Kier alpha value is -2.47. The van der Waals surface area contributed by atoms with Gasteiger partial charge in [-0.25, -0.2) is 13.4 Å². The van der Waals surface area contributed by atoms with Gasteiger partial charge in [-0.1, -0.05) is 30.3 Å². The van der Waals surface area contributed by atoms with Gasteiger partial charge in [-0.05, 0) is 43.2 Å². The van der Waals surface area contributed by atoms with E-state index in [2.05, 4.69) is 25.8 Å². The van der Waals surface area contributed by atoms with Crippen molar-refractivity contribution in [2.45, 2.75) is 31.8 Å². The second kappa shape index (κ2) is 11.2. The zero-order chi connectivity index (χ0) is 21.6. The number of rotatable bonds is 7. The van der Waals surface area contributed by atoms with Gasteiger partial charge in [-0.15, -0.1) is 34.2 Å². The van der Waals surface area contributed by atoms with Crippen LogP contribution in [0.2, 0.25) is 0 Å². The Morgan fingerprint density at radius 3 is 2.52 bits per heavy atom. The third-order valence-corrected chi connectivity index (χ3v) is 5.73. The molecule has 31 heavy (non-hydrogen) atoms. The highest BCUT2D eigenvalue weighted by Crippen LogP contribution is 2.17. The number of aromatic nitrogens is 3. The molecule has 2 N–H and O–H groups in total. The SMILES string of the molecule is CCNC(=NCc1ccc(S(C)(=O)=O)c(C)c1)NCc1nncn1-c1ccccc1.I. The average molecular weight is 554 g/mol. The first-order valence-electron chi connectivity index (χ1n) is 9.64. The highest BCUT2D eigenvalue weighted by Gasteiger charge is 2.11. The fraction of sp³-hybridized carbons (Fsp3) is 0.286. The van der Waals surface area contributed by atoms with Crippen molar-refractivity contribution < 1.29 is 8.42 Å². The minimum absolute atomic E-state index is 0. The van der Waals surface area contributed by atoms with Crippen molar-refractivity contribution in [3.8, 4) is 5.69 Å². The highest BCUT2D eigenvalue weighted by molar-refractivity contribution is 14.0. The zero-order valence-corrected chi connectivity index (χ0v) is 20.9. The van der Waals surface area contributed by atoms with Crippen molar-refractivity contribution in [1.82, 2.24) is 25.4 Å². The third-order valence-electron chi connectivity index (χ3n) is 4.47. The zero-order valence-electron chi connectivity index (χ0n) is 17.7. The van der Waals surface area contributed by atoms with Gasteiger partial charge in [0.05, 0.1) is 18.0 Å². The maximum absolute atomic E-state index is 11.8. The van der Waals surface area contributed by atoms with Crippen molar-refractivity contribution in [1.29, 1.82) is 0 Å². The number of aryl methyl sites for hydroxylation is 1. The molecule has 3 aromatic rings. The van der Waals surface area contributed by atoms with E-state index >= 15 is 0 Å². The summed E-state index contributed by atoms with van der Waals surface area (Å²) in [4.78, 5) is 4.95. The second-order valence-corrected chi connectivity index (χ2v) is 8.86. The summed E-state index contributed by atoms with van der Waals surface area (Å²) in [6, 6.07) is 15.2. The Kier molecular flexibility index (Phi) is 8.99. The molecule has 0 unspecified atom stereocenters. The number of nitrogens with zero attached hydrogens (tertiary/aromatic N) is 4. The first-order chi connectivity index (χ1) is 14.4. The monoisotopic (exact) mass is 554 g/mol. The molecule has 0 aliphatic rings. The maximum Gasteiger partial charge on any atom is 0.191 e. The van der Waals surface area contributed by atoms with E-state index in [1.807, 2.05) is 47.9 Å². The van der Waals surface area contributed by atoms with E-state index in [0.29, 0.717) is 30.5 Å². The topological polar surface area (TPSA) is 101 Å². The van der Waals surface area contributed by atoms with Crippen LogP contribution in [0.25, 0.3) is 5.69 Å². The summed E-state index contributed by atoms with van der Waals surface area (Å²) in [6.45, 7) is 5.37. The van der Waals surface area contributed by atoms with Crippen molar-refractivity contribution in [3.05, 3.63) is 71.8 Å². The number of sulfone groups is 1. The predicted molar refractivity (Wildman–Crippen MR) is 133 cm³/mol. The van der Waals surface area contributed by atoms with Crippen molar-refractivity contribution in [2.24, 2.45) is 4.99 Å². The summed E-state index contributed by atoms with van der Waals surface area (Å²) in [5.74, 6) is 1.41. The summed E-state index contributed by atoms with van der Waals surface area (Å²) in [7, 11) is -3.23. The highest BCUT2D eigenvalue weighted by atomic mass is 127. The Bertz CT molecular complexity index is 1130. The summed E-state index contributed by atoms with van der Waals surface area (Å²) in [5.41, 5.74) is 2.64. The lowest BCUT2D eigenvalue weighted by Gasteiger charge is -2.12. The van der Waals surface area contributed by atoms with Gasteiger partial charge in [-0.2, -0.15) is 0 Å². The number of nitrogens with one attached hydrogen (secondary N) is 2. The molecule has 0 aliphatic heterocycles. The van der Waals surface area contributed by atoms with Crippen LogP contribution in [0.15, 0.2) is 64.7 Å². The van der Waals surface area contributed by atoms with Crippen LogP contribution in [0.1, 0.15) is 23.9 Å². The first-order valence-corrected chi connectivity index (χ1v) is 11.5. The molecule has 0 spiro atoms. The van der Waals surface area contributed by atoms with E-state index < -0.39 is 9.84 Å². The normalized spacial score (nSPS) is 11.6. The van der Waals surface area contributed by atoms with Crippen LogP contribution in [0, 0.1) is 6.92 Å². The Labute approximate surface area is 200 Å². The van der Waals surface area contributed by atoms with Gasteiger partial charge in [0.1, 0.15) is 6.33 Å². The Balaban J connectivity index is 0.00000341. The van der Waals surface area contributed by atoms with E-state index in [1.165, 1.54) is 6.26 Å². The summed E-state index contributed by atoms with van der Waals surface area (Å²) >= 11 is 0. The van der Waals surface area contributed by atoms with E-state index in [0.717, 1.165) is 22.6 Å². The van der Waals surface area contributed by atoms with E-state index in [9.17, 15) is 8.42 Å². The van der Waals surface area contributed by atoms with Gasteiger partial charge in [0, 0.05) is 18.5 Å². The number of para-hydroxylation sites is 1. The number of halogens is 1. The summed E-state index contributed by atoms with van der Waals surface area (Å²) in [6.07, 6.45) is 2.90. The van der Waals surface area contributed by atoms with Gasteiger partial charge in [-0.3, -0.25) is 4.57 Å². The molecule has 0 bridgehead atoms. The van der Waals surface area contributed by atoms with Gasteiger partial charge < -0.3 is 10.6 Å². The molecule has 2 aromatic carbocycles. The number of hydrogen-bond donors (Lipinski definition) is 2. The van der Waals surface area contributed by atoms with Gasteiger partial charge >= 0.3 is 0 Å². The average Bonchev–Trinajstić information content (AvgIpc) is 3.18. The summed E-state index contributed by atoms with van der Waals surface area (Å²) in [5, 5.41) is 14.7. The largest absolute Gasteiger partial charge is 0.357 e. The summed E-state index contributed by atoms with van der Waals surface area (Å²) < 4.78 is 25.5. The molecule has 0 amide bonds. The lowest BCUT2D eigenvalue weighted by atomic mass is 10.1. The first kappa shape index (κ1) is 24.8. The predicted octanol–water partition coefficient (Wildman–Crippen LogP) is 2.85. The van der Waals surface area contributed by atoms with Crippen LogP contribution < -0.4 is 10.6 Å². The number of aliphatic imine (C=N–C) groups is 1. The molecule has 1 heterocycles. The molecule has 10 heteroatoms. The van der Waals surface area contributed by atoms with Crippen LogP contribution in [-0.2, 0) is 22.9 Å². The lowest BCUT2D eigenvalue weighted by molar-refractivity contribution is 0.601. The maximum atomic E-state index is 11.8. The lowest BCUT2D eigenvalue weighted by Crippen LogP contribution is -2.37. The van der Waals surface area contributed by atoms with Crippen LogP contribution in [0.5, 0.6) is 0 Å². The quantitative estimate of drug-likeness (QED) is 0.265. The molecule has 166 valence electrons. The second-order valence-electron chi connectivity index (χ2n) is 6.87. The molecule has 0 aliphatic carbocycles. The minimum Gasteiger partial charge on any atom is -0.357 e. The van der Waals surface area contributed by atoms with E-state index in [-0.39, 0.29) is 24.0 Å². The molecule has 0 fully saturated rings. The van der Waals surface area contributed by atoms with Crippen LogP contribution in [0.4, 0.5) is 0 Å². The number of guanidine groups is 1. The van der Waals surface area contributed by atoms with Crippen LogP contribution in [-0.4, -0.2) is 41.9 Å². The van der Waals surface area contributed by atoms with Crippen molar-refractivity contribution in [2.75, 3.05) is 12.8 Å². The molecule has 8 nitrogen and oxygen atoms in total. The van der Waals surface area contributed by atoms with Crippen molar-refractivity contribution in [3.63, 3.8) is 0 Å². The fourth-order valence-corrected chi connectivity index (χ4v) is 4.04. The Morgan fingerprint density at radius 1 is 1.13 bits per heavy atom. The number of benzene rings is 2. The minimum atomic E-state index is -3.23. The third kappa shape index (κ3) is 6.76. The molecular formula is C21H27IN6O2S. The molecule has 0 atom stereocenters. The van der Waals surface area contributed by atoms with Crippen LogP contribution >= 0.6 is 24.0 Å². The van der Waals surface area contributed by atoms with Crippen LogP contribution in [0.3, 0.4) is 0 Å². The standard InChI is InChI=1S/C21H26N6O2S.HI/c1-4-22-21(23-13-17-10-11-19(16(2)12-17)30(3,28)29)24-14-20-26-25-15-27(20)18-8-6-5-7-9-18;/h5-12,15H,4,13-14H2,1-3H3,(H2,22,23,24);1H. The molecule has 3 rings (SSSR count). The van der Waals surface area contributed by atoms with E-state index in [4.69, 9.17) is 0 Å². The Morgan fingerprint density at radius 2 is 1.87 bits per heavy atom. The molecule has 0 saturated heterocycles. The van der Waals surface area contributed by atoms with Gasteiger partial charge in [0.2, 0.25) is 0 Å². The fourth-order valence-electron chi connectivity index (χ4n) is 3.08. The molecule has 1 aromatic heterocycles. The van der Waals surface area contributed by atoms with Gasteiger partial charge in [0.15, 0.2) is 21.6 Å². The number of hydrogen-bond acceptors (Lipinski definition) is 5. The molecule has 0 radical (unpaired) electrons. The van der Waals surface area contributed by atoms with Crippen molar-refractivity contribution >= 4 is 39.8 Å².